The Morgan fingerprint density at radius 2 is 2.54 bits per heavy atom. The molecule has 0 saturated heterocycles. The molecule has 5 nitrogen and oxygen atoms in total. The third kappa shape index (κ3) is 3.14. The molecule has 1 aromatic heterocycles. The summed E-state index contributed by atoms with van der Waals surface area (Å²) in [6, 6.07) is 2.12. The number of aromatic nitrogens is 2. The van der Waals surface area contributed by atoms with Crippen molar-refractivity contribution in [2.75, 3.05) is 7.05 Å². The molecule has 13 heavy (non-hydrogen) atoms. The molecule has 0 aliphatic rings. The van der Waals surface area contributed by atoms with Gasteiger partial charge in [-0.3, -0.25) is 9.67 Å². The Balaban J connectivity index is 2.38. The molecule has 0 spiro atoms. The lowest BCUT2D eigenvalue weighted by Gasteiger charge is -2.13. The van der Waals surface area contributed by atoms with Crippen LogP contribution < -0.4 is 11.1 Å². The van der Waals surface area contributed by atoms with Crippen LogP contribution in [-0.2, 0) is 6.54 Å². The Morgan fingerprint density at radius 3 is 3.08 bits per heavy atom. The van der Waals surface area contributed by atoms with Crippen molar-refractivity contribution >= 4 is 5.96 Å². The topological polar surface area (TPSA) is 68.2 Å². The zero-order chi connectivity index (χ0) is 9.68. The van der Waals surface area contributed by atoms with Crippen molar-refractivity contribution in [2.45, 2.75) is 19.5 Å². The molecule has 3 N–H and O–H groups in total. The third-order valence-electron chi connectivity index (χ3n) is 1.66. The monoisotopic (exact) mass is 181 g/mol. The van der Waals surface area contributed by atoms with Crippen LogP contribution in [0.1, 0.15) is 6.92 Å². The summed E-state index contributed by atoms with van der Waals surface area (Å²) in [5.74, 6) is 0.458. The van der Waals surface area contributed by atoms with E-state index < -0.39 is 0 Å². The van der Waals surface area contributed by atoms with Crippen LogP contribution in [0, 0.1) is 0 Å². The maximum atomic E-state index is 5.51. The maximum absolute atomic E-state index is 5.51. The van der Waals surface area contributed by atoms with E-state index in [-0.39, 0.29) is 6.04 Å². The van der Waals surface area contributed by atoms with Crippen molar-refractivity contribution in [1.82, 2.24) is 15.1 Å². The molecule has 0 aromatic carbocycles. The molecule has 0 aliphatic heterocycles. The summed E-state index contributed by atoms with van der Waals surface area (Å²) in [5, 5.41) is 7.12. The number of nitrogens with zero attached hydrogens (tertiary/aromatic N) is 3. The number of nitrogens with two attached hydrogens (primary N) is 1. The molecular weight excluding hydrogens is 166 g/mol. The minimum absolute atomic E-state index is 0.226. The van der Waals surface area contributed by atoms with E-state index in [0.717, 1.165) is 6.54 Å². The van der Waals surface area contributed by atoms with Gasteiger partial charge in [-0.25, -0.2) is 0 Å². The van der Waals surface area contributed by atoms with Crippen LogP contribution in [0.25, 0.3) is 0 Å². The fourth-order valence-electron chi connectivity index (χ4n) is 1.05. The fourth-order valence-corrected chi connectivity index (χ4v) is 1.05. The van der Waals surface area contributed by atoms with Gasteiger partial charge in [-0.2, -0.15) is 5.10 Å². The van der Waals surface area contributed by atoms with E-state index in [1.807, 2.05) is 23.9 Å². The molecule has 5 heteroatoms. The van der Waals surface area contributed by atoms with E-state index in [2.05, 4.69) is 15.4 Å². The van der Waals surface area contributed by atoms with Crippen molar-refractivity contribution in [2.24, 2.45) is 10.7 Å². The van der Waals surface area contributed by atoms with Crippen LogP contribution in [-0.4, -0.2) is 28.8 Å². The number of rotatable bonds is 3. The minimum atomic E-state index is 0.226. The molecule has 1 rings (SSSR count). The van der Waals surface area contributed by atoms with E-state index in [1.54, 1.807) is 13.2 Å². The lowest BCUT2D eigenvalue weighted by molar-refractivity contribution is 0.504. The standard InChI is InChI=1S/C8H15N5/c1-7(12-8(9)10-2)6-13-5-3-4-11-13/h3-5,7H,6H2,1-2H3,(H3,9,10,12). The van der Waals surface area contributed by atoms with Crippen LogP contribution in [0.2, 0.25) is 0 Å². The van der Waals surface area contributed by atoms with Gasteiger partial charge in [0.2, 0.25) is 0 Å². The summed E-state index contributed by atoms with van der Waals surface area (Å²) in [7, 11) is 1.66. The van der Waals surface area contributed by atoms with Crippen LogP contribution in [0.15, 0.2) is 23.5 Å². The summed E-state index contributed by atoms with van der Waals surface area (Å²) >= 11 is 0. The Morgan fingerprint density at radius 1 is 1.77 bits per heavy atom. The molecule has 0 amide bonds. The molecule has 72 valence electrons. The highest BCUT2D eigenvalue weighted by Crippen LogP contribution is 1.89. The Labute approximate surface area is 77.6 Å². The van der Waals surface area contributed by atoms with Gasteiger partial charge in [0, 0.05) is 25.5 Å². The van der Waals surface area contributed by atoms with Crippen molar-refractivity contribution in [1.29, 1.82) is 0 Å². The zero-order valence-electron chi connectivity index (χ0n) is 7.94. The van der Waals surface area contributed by atoms with Gasteiger partial charge in [-0.15, -0.1) is 0 Å². The van der Waals surface area contributed by atoms with Gasteiger partial charge in [0.1, 0.15) is 0 Å². The predicted octanol–water partition coefficient (Wildman–Crippen LogP) is -0.194. The Hall–Kier alpha value is -1.52. The summed E-state index contributed by atoms with van der Waals surface area (Å²) in [6.07, 6.45) is 3.67. The smallest absolute Gasteiger partial charge is 0.188 e. The highest BCUT2D eigenvalue weighted by molar-refractivity contribution is 5.77. The van der Waals surface area contributed by atoms with E-state index in [9.17, 15) is 0 Å². The van der Waals surface area contributed by atoms with Crippen LogP contribution in [0.5, 0.6) is 0 Å². The Kier molecular flexibility index (Phi) is 3.31. The highest BCUT2D eigenvalue weighted by Gasteiger charge is 2.02. The lowest BCUT2D eigenvalue weighted by Crippen LogP contribution is -2.40. The normalized spacial score (nSPS) is 14.2. The first-order valence-corrected chi connectivity index (χ1v) is 4.18. The van der Waals surface area contributed by atoms with Gasteiger partial charge in [-0.1, -0.05) is 0 Å². The molecular formula is C8H15N5. The highest BCUT2D eigenvalue weighted by atomic mass is 15.3. The molecule has 0 bridgehead atoms. The van der Waals surface area contributed by atoms with Crippen LogP contribution in [0.4, 0.5) is 0 Å². The molecule has 0 saturated carbocycles. The number of hydrogen-bond donors (Lipinski definition) is 2. The van der Waals surface area contributed by atoms with Gasteiger partial charge in [-0.05, 0) is 13.0 Å². The first-order valence-electron chi connectivity index (χ1n) is 4.18. The summed E-state index contributed by atoms with van der Waals surface area (Å²) < 4.78 is 1.85. The summed E-state index contributed by atoms with van der Waals surface area (Å²) in [4.78, 5) is 3.81. The predicted molar refractivity (Wildman–Crippen MR) is 52.4 cm³/mol. The number of guanidine groups is 1. The second kappa shape index (κ2) is 4.49. The lowest BCUT2D eigenvalue weighted by atomic mass is 10.3. The second-order valence-corrected chi connectivity index (χ2v) is 2.88. The van der Waals surface area contributed by atoms with Gasteiger partial charge in [0.05, 0.1) is 6.54 Å². The number of aliphatic imine (C=N–C) groups is 1. The quantitative estimate of drug-likeness (QED) is 0.501. The minimum Gasteiger partial charge on any atom is -0.370 e. The van der Waals surface area contributed by atoms with Gasteiger partial charge in [0.25, 0.3) is 0 Å². The first-order chi connectivity index (χ1) is 6.22. The van der Waals surface area contributed by atoms with E-state index >= 15 is 0 Å². The summed E-state index contributed by atoms with van der Waals surface area (Å²) in [5.41, 5.74) is 5.51. The van der Waals surface area contributed by atoms with Crippen molar-refractivity contribution in [3.05, 3.63) is 18.5 Å². The number of hydrogen-bond acceptors (Lipinski definition) is 2. The molecule has 0 fully saturated rings. The molecule has 0 aliphatic carbocycles. The largest absolute Gasteiger partial charge is 0.370 e. The average Bonchev–Trinajstić information content (AvgIpc) is 2.56. The molecule has 1 unspecified atom stereocenters. The molecule has 1 aromatic rings. The van der Waals surface area contributed by atoms with E-state index in [4.69, 9.17) is 5.73 Å². The average molecular weight is 181 g/mol. The fraction of sp³-hybridized carbons (Fsp3) is 0.500. The van der Waals surface area contributed by atoms with Crippen molar-refractivity contribution in [3.63, 3.8) is 0 Å². The van der Waals surface area contributed by atoms with Gasteiger partial charge < -0.3 is 11.1 Å². The van der Waals surface area contributed by atoms with Crippen LogP contribution >= 0.6 is 0 Å². The Bertz CT molecular complexity index is 264. The number of nitrogens with one attached hydrogen (secondary N) is 1. The maximum Gasteiger partial charge on any atom is 0.188 e. The van der Waals surface area contributed by atoms with E-state index in [0.29, 0.717) is 5.96 Å². The third-order valence-corrected chi connectivity index (χ3v) is 1.66. The van der Waals surface area contributed by atoms with Gasteiger partial charge >= 0.3 is 0 Å². The second-order valence-electron chi connectivity index (χ2n) is 2.88. The van der Waals surface area contributed by atoms with Gasteiger partial charge in [0.15, 0.2) is 5.96 Å². The first kappa shape index (κ1) is 9.57. The van der Waals surface area contributed by atoms with Crippen molar-refractivity contribution in [3.8, 4) is 0 Å². The molecule has 1 heterocycles. The summed E-state index contributed by atoms with van der Waals surface area (Å²) in [6.45, 7) is 2.81. The zero-order valence-corrected chi connectivity index (χ0v) is 7.94. The SMILES string of the molecule is CN=C(N)NC(C)Cn1cccn1. The molecule has 0 radical (unpaired) electrons. The van der Waals surface area contributed by atoms with Crippen LogP contribution in [0.3, 0.4) is 0 Å². The van der Waals surface area contributed by atoms with Crippen molar-refractivity contribution < 1.29 is 0 Å². The molecule has 1 atom stereocenters. The van der Waals surface area contributed by atoms with E-state index in [1.165, 1.54) is 0 Å².